The molecule has 19 heavy (non-hydrogen) atoms. The lowest BCUT2D eigenvalue weighted by atomic mass is 9.90. The van der Waals surface area contributed by atoms with Crippen molar-refractivity contribution in [1.82, 2.24) is 15.5 Å². The summed E-state index contributed by atoms with van der Waals surface area (Å²) in [6.07, 6.45) is 2.00. The van der Waals surface area contributed by atoms with Gasteiger partial charge in [0.2, 0.25) is 0 Å². The van der Waals surface area contributed by atoms with E-state index in [4.69, 9.17) is 0 Å². The van der Waals surface area contributed by atoms with E-state index in [-0.39, 0.29) is 11.6 Å². The van der Waals surface area contributed by atoms with Gasteiger partial charge in [-0.25, -0.2) is 4.79 Å². The molecule has 1 aromatic carbocycles. The van der Waals surface area contributed by atoms with Crippen LogP contribution in [0.2, 0.25) is 0 Å². The predicted octanol–water partition coefficient (Wildman–Crippen LogP) is 1.97. The highest BCUT2D eigenvalue weighted by molar-refractivity contribution is 5.74. The van der Waals surface area contributed by atoms with Crippen LogP contribution in [0.15, 0.2) is 30.3 Å². The summed E-state index contributed by atoms with van der Waals surface area (Å²) >= 11 is 0. The molecule has 4 nitrogen and oxygen atoms in total. The van der Waals surface area contributed by atoms with Crippen LogP contribution in [0.4, 0.5) is 4.79 Å². The maximum Gasteiger partial charge on any atom is 0.317 e. The Bertz CT molecular complexity index is 411. The van der Waals surface area contributed by atoms with E-state index in [1.165, 1.54) is 0 Å². The Labute approximate surface area is 115 Å². The zero-order valence-corrected chi connectivity index (χ0v) is 11.8. The lowest BCUT2D eigenvalue weighted by Crippen LogP contribution is -2.53. The highest BCUT2D eigenvalue weighted by atomic mass is 16.2. The summed E-state index contributed by atoms with van der Waals surface area (Å²) < 4.78 is 0. The maximum absolute atomic E-state index is 12.1. The van der Waals surface area contributed by atoms with Gasteiger partial charge in [0.15, 0.2) is 0 Å². The minimum atomic E-state index is 0.0435. The van der Waals surface area contributed by atoms with Crippen molar-refractivity contribution in [2.24, 2.45) is 0 Å². The third-order valence-electron chi connectivity index (χ3n) is 4.04. The van der Waals surface area contributed by atoms with Crippen molar-refractivity contribution in [2.45, 2.75) is 31.8 Å². The Kier molecular flexibility index (Phi) is 4.43. The first-order valence-corrected chi connectivity index (χ1v) is 6.89. The molecular weight excluding hydrogens is 238 g/mol. The summed E-state index contributed by atoms with van der Waals surface area (Å²) in [5.74, 6) is 0. The molecule has 1 aliphatic rings. The number of nitrogens with one attached hydrogen (secondary N) is 2. The standard InChI is InChI=1S/C15H23N3O/c1-15(16-2)8-10-18(11-9-15)14(19)17-12-13-6-4-3-5-7-13/h3-7,16H,8-12H2,1-2H3,(H,17,19). The van der Waals surface area contributed by atoms with Gasteiger partial charge in [0, 0.05) is 25.2 Å². The topological polar surface area (TPSA) is 44.4 Å². The lowest BCUT2D eigenvalue weighted by Gasteiger charge is -2.39. The highest BCUT2D eigenvalue weighted by Gasteiger charge is 2.30. The zero-order chi connectivity index (χ0) is 13.7. The first-order chi connectivity index (χ1) is 9.13. The molecule has 0 aliphatic carbocycles. The van der Waals surface area contributed by atoms with Gasteiger partial charge in [-0.2, -0.15) is 0 Å². The molecule has 0 bridgehead atoms. The Morgan fingerprint density at radius 1 is 1.26 bits per heavy atom. The summed E-state index contributed by atoms with van der Waals surface area (Å²) in [7, 11) is 1.99. The van der Waals surface area contributed by atoms with Gasteiger partial charge in [-0.05, 0) is 32.4 Å². The van der Waals surface area contributed by atoms with E-state index in [0.717, 1.165) is 31.5 Å². The number of urea groups is 1. The number of amides is 2. The minimum absolute atomic E-state index is 0.0435. The van der Waals surface area contributed by atoms with Crippen LogP contribution in [0, 0.1) is 0 Å². The van der Waals surface area contributed by atoms with Gasteiger partial charge in [-0.3, -0.25) is 0 Å². The second-order valence-electron chi connectivity index (χ2n) is 5.44. The number of piperidine rings is 1. The molecule has 1 heterocycles. The fraction of sp³-hybridized carbons (Fsp3) is 0.533. The van der Waals surface area contributed by atoms with Crippen LogP contribution in [0.3, 0.4) is 0 Å². The van der Waals surface area contributed by atoms with Crippen LogP contribution >= 0.6 is 0 Å². The molecule has 4 heteroatoms. The Morgan fingerprint density at radius 2 is 1.89 bits per heavy atom. The van der Waals surface area contributed by atoms with Gasteiger partial charge in [0.05, 0.1) is 0 Å². The quantitative estimate of drug-likeness (QED) is 0.873. The molecule has 1 aromatic rings. The SMILES string of the molecule is CNC1(C)CCN(C(=O)NCc2ccccc2)CC1. The fourth-order valence-corrected chi connectivity index (χ4v) is 2.34. The van der Waals surface area contributed by atoms with Crippen LogP contribution in [0.25, 0.3) is 0 Å². The zero-order valence-electron chi connectivity index (χ0n) is 11.8. The van der Waals surface area contributed by atoms with Crippen LogP contribution in [0.1, 0.15) is 25.3 Å². The summed E-state index contributed by atoms with van der Waals surface area (Å²) in [5, 5.41) is 6.32. The fourth-order valence-electron chi connectivity index (χ4n) is 2.34. The number of benzene rings is 1. The molecule has 2 amide bonds. The molecule has 1 fully saturated rings. The number of carbonyl (C=O) groups is 1. The molecule has 0 saturated carbocycles. The molecule has 1 aliphatic heterocycles. The van der Waals surface area contributed by atoms with Crippen molar-refractivity contribution in [3.8, 4) is 0 Å². The van der Waals surface area contributed by atoms with Crippen molar-refractivity contribution in [3.63, 3.8) is 0 Å². The molecule has 0 unspecified atom stereocenters. The first-order valence-electron chi connectivity index (χ1n) is 6.89. The van der Waals surface area contributed by atoms with Crippen LogP contribution in [0.5, 0.6) is 0 Å². The second-order valence-corrected chi connectivity index (χ2v) is 5.44. The number of carbonyl (C=O) groups excluding carboxylic acids is 1. The Hall–Kier alpha value is -1.55. The molecule has 104 valence electrons. The van der Waals surface area contributed by atoms with Crippen molar-refractivity contribution in [2.75, 3.05) is 20.1 Å². The third-order valence-corrected chi connectivity index (χ3v) is 4.04. The van der Waals surface area contributed by atoms with E-state index in [1.54, 1.807) is 0 Å². The predicted molar refractivity (Wildman–Crippen MR) is 76.9 cm³/mol. The molecule has 2 rings (SSSR count). The van der Waals surface area contributed by atoms with Crippen LogP contribution in [-0.2, 0) is 6.54 Å². The van der Waals surface area contributed by atoms with Crippen molar-refractivity contribution in [3.05, 3.63) is 35.9 Å². The monoisotopic (exact) mass is 261 g/mol. The lowest BCUT2D eigenvalue weighted by molar-refractivity contribution is 0.153. The molecule has 0 spiro atoms. The van der Waals surface area contributed by atoms with Crippen LogP contribution in [-0.4, -0.2) is 36.6 Å². The summed E-state index contributed by atoms with van der Waals surface area (Å²) in [5.41, 5.74) is 1.31. The van der Waals surface area contributed by atoms with E-state index in [2.05, 4.69) is 17.6 Å². The van der Waals surface area contributed by atoms with Gasteiger partial charge in [-0.15, -0.1) is 0 Å². The molecule has 1 saturated heterocycles. The van der Waals surface area contributed by atoms with E-state index in [0.29, 0.717) is 6.54 Å². The molecule has 2 N–H and O–H groups in total. The van der Waals surface area contributed by atoms with E-state index in [1.807, 2.05) is 42.3 Å². The van der Waals surface area contributed by atoms with Gasteiger partial charge < -0.3 is 15.5 Å². The summed E-state index contributed by atoms with van der Waals surface area (Å²) in [4.78, 5) is 14.0. The largest absolute Gasteiger partial charge is 0.334 e. The number of likely N-dealkylation sites (tertiary alicyclic amines) is 1. The van der Waals surface area contributed by atoms with Gasteiger partial charge in [0.1, 0.15) is 0 Å². The number of hydrogen-bond acceptors (Lipinski definition) is 2. The highest BCUT2D eigenvalue weighted by Crippen LogP contribution is 2.20. The first kappa shape index (κ1) is 13.9. The molecular formula is C15H23N3O. The minimum Gasteiger partial charge on any atom is -0.334 e. The molecule has 0 atom stereocenters. The Morgan fingerprint density at radius 3 is 2.47 bits per heavy atom. The number of nitrogens with zero attached hydrogens (tertiary/aromatic N) is 1. The summed E-state index contributed by atoms with van der Waals surface area (Å²) in [6, 6.07) is 10.0. The van der Waals surface area contributed by atoms with E-state index in [9.17, 15) is 4.79 Å². The van der Waals surface area contributed by atoms with Gasteiger partial charge in [-0.1, -0.05) is 30.3 Å². The molecule has 0 radical (unpaired) electrons. The molecule has 0 aromatic heterocycles. The van der Waals surface area contributed by atoms with Crippen molar-refractivity contribution < 1.29 is 4.79 Å². The van der Waals surface area contributed by atoms with E-state index < -0.39 is 0 Å². The Balaban J connectivity index is 1.79. The van der Waals surface area contributed by atoms with Crippen molar-refractivity contribution >= 4 is 6.03 Å². The third kappa shape index (κ3) is 3.70. The average molecular weight is 261 g/mol. The second kappa shape index (κ2) is 6.06. The van der Waals surface area contributed by atoms with Gasteiger partial charge in [0.25, 0.3) is 0 Å². The van der Waals surface area contributed by atoms with Crippen molar-refractivity contribution in [1.29, 1.82) is 0 Å². The van der Waals surface area contributed by atoms with Gasteiger partial charge >= 0.3 is 6.03 Å². The maximum atomic E-state index is 12.1. The number of rotatable bonds is 3. The van der Waals surface area contributed by atoms with E-state index >= 15 is 0 Å². The normalized spacial score (nSPS) is 18.1. The average Bonchev–Trinajstić information content (AvgIpc) is 2.47. The summed E-state index contributed by atoms with van der Waals surface area (Å²) in [6.45, 7) is 4.45. The van der Waals surface area contributed by atoms with Crippen LogP contribution < -0.4 is 10.6 Å². The number of hydrogen-bond donors (Lipinski definition) is 2. The smallest absolute Gasteiger partial charge is 0.317 e.